The zero-order chi connectivity index (χ0) is 22.6. The van der Waals surface area contributed by atoms with Gasteiger partial charge in [-0.2, -0.15) is 13.2 Å². The zero-order valence-electron chi connectivity index (χ0n) is 16.4. The van der Waals surface area contributed by atoms with E-state index >= 15 is 0 Å². The molecule has 3 rings (SSSR count). The van der Waals surface area contributed by atoms with E-state index < -0.39 is 17.6 Å². The minimum atomic E-state index is -4.40. The Kier molecular flexibility index (Phi) is 6.65. The molecule has 1 amide bonds. The van der Waals surface area contributed by atoms with Crippen molar-refractivity contribution in [3.05, 3.63) is 76.8 Å². The fourth-order valence-electron chi connectivity index (χ4n) is 2.99. The van der Waals surface area contributed by atoms with Gasteiger partial charge in [0.15, 0.2) is 6.29 Å². The first-order chi connectivity index (χ1) is 14.7. The first kappa shape index (κ1) is 22.4. The number of halogens is 4. The number of carbonyl (C=O) groups excluding carboxylic acids is 2. The van der Waals surface area contributed by atoms with E-state index in [1.165, 1.54) is 29.0 Å². The molecule has 0 aliphatic heterocycles. The molecule has 2 aromatic heterocycles. The van der Waals surface area contributed by atoms with Crippen molar-refractivity contribution in [2.45, 2.75) is 12.7 Å². The zero-order valence-corrected chi connectivity index (χ0v) is 17.1. The fraction of sp³-hybridized carbons (Fsp3) is 0.190. The van der Waals surface area contributed by atoms with Crippen LogP contribution in [0.1, 0.15) is 26.4 Å². The van der Waals surface area contributed by atoms with E-state index in [9.17, 15) is 22.8 Å². The van der Waals surface area contributed by atoms with Crippen LogP contribution in [0.5, 0.6) is 0 Å². The summed E-state index contributed by atoms with van der Waals surface area (Å²) in [6, 6.07) is 9.46. The Hall–Kier alpha value is -3.33. The lowest BCUT2D eigenvalue weighted by Crippen LogP contribution is -2.24. The third-order valence-corrected chi connectivity index (χ3v) is 4.97. The summed E-state index contributed by atoms with van der Waals surface area (Å²) in [5, 5.41) is 2.84. The Bertz CT molecular complexity index is 1070. The lowest BCUT2D eigenvalue weighted by molar-refractivity contribution is -0.137. The van der Waals surface area contributed by atoms with Crippen molar-refractivity contribution in [3.8, 4) is 0 Å². The number of aldehydes is 1. The van der Waals surface area contributed by atoms with E-state index in [0.717, 1.165) is 12.1 Å². The van der Waals surface area contributed by atoms with Crippen LogP contribution >= 0.6 is 11.6 Å². The predicted octanol–water partition coefficient (Wildman–Crippen LogP) is 4.76. The number of hydrogen-bond acceptors (Lipinski definition) is 4. The van der Waals surface area contributed by atoms with Gasteiger partial charge in [0.1, 0.15) is 5.15 Å². The quantitative estimate of drug-likeness (QED) is 0.527. The van der Waals surface area contributed by atoms with Crippen LogP contribution in [0, 0.1) is 0 Å². The predicted molar refractivity (Wildman–Crippen MR) is 112 cm³/mol. The summed E-state index contributed by atoms with van der Waals surface area (Å²) in [5.41, 5.74) is 0.521. The van der Waals surface area contributed by atoms with E-state index in [1.54, 1.807) is 30.3 Å². The number of pyridine rings is 1. The summed E-state index contributed by atoms with van der Waals surface area (Å²) in [7, 11) is 1.70. The molecular formula is C21H18ClF3N4O2. The van der Waals surface area contributed by atoms with Gasteiger partial charge in [0.2, 0.25) is 0 Å². The molecule has 1 N–H and O–H groups in total. The minimum absolute atomic E-state index is 0.104. The molecule has 0 aliphatic carbocycles. The maximum Gasteiger partial charge on any atom is 0.416 e. The topological polar surface area (TPSA) is 67.2 Å². The number of nitrogens with one attached hydrogen (secondary N) is 1. The van der Waals surface area contributed by atoms with Crippen LogP contribution in [0.2, 0.25) is 5.15 Å². The molecule has 31 heavy (non-hydrogen) atoms. The van der Waals surface area contributed by atoms with Gasteiger partial charge in [0, 0.05) is 32.0 Å². The van der Waals surface area contributed by atoms with Crippen molar-refractivity contribution in [1.82, 2.24) is 9.55 Å². The average Bonchev–Trinajstić information content (AvgIpc) is 3.07. The molecule has 0 saturated heterocycles. The second-order valence-electron chi connectivity index (χ2n) is 6.70. The van der Waals surface area contributed by atoms with Gasteiger partial charge in [-0.25, -0.2) is 0 Å². The Morgan fingerprint density at radius 3 is 2.55 bits per heavy atom. The number of rotatable bonds is 7. The third kappa shape index (κ3) is 5.24. The van der Waals surface area contributed by atoms with Gasteiger partial charge in [-0.05, 0) is 42.5 Å². The van der Waals surface area contributed by atoms with Gasteiger partial charge in [0.25, 0.3) is 5.91 Å². The summed E-state index contributed by atoms with van der Waals surface area (Å²) in [6.45, 7) is 0.578. The molecule has 0 atom stereocenters. The number of benzene rings is 1. The van der Waals surface area contributed by atoms with E-state index in [4.69, 9.17) is 11.6 Å². The van der Waals surface area contributed by atoms with Crippen molar-refractivity contribution in [2.75, 3.05) is 23.8 Å². The molecule has 0 aliphatic rings. The van der Waals surface area contributed by atoms with Crippen molar-refractivity contribution < 1.29 is 22.8 Å². The molecule has 0 saturated carbocycles. The number of likely N-dealkylation sites (N-methyl/N-ethyl adjacent to an activating group) is 1. The number of hydrogen-bond donors (Lipinski definition) is 1. The van der Waals surface area contributed by atoms with Gasteiger partial charge in [-0.1, -0.05) is 11.6 Å². The van der Waals surface area contributed by atoms with Crippen LogP contribution in [0.4, 0.5) is 24.5 Å². The molecule has 0 radical (unpaired) electrons. The number of aromatic nitrogens is 2. The summed E-state index contributed by atoms with van der Waals surface area (Å²) in [5.74, 6) is -0.508. The number of nitrogens with zero attached hydrogens (tertiary/aromatic N) is 3. The second kappa shape index (κ2) is 9.22. The number of anilines is 2. The highest BCUT2D eigenvalue weighted by atomic mass is 35.5. The van der Waals surface area contributed by atoms with E-state index in [0.29, 0.717) is 24.2 Å². The Morgan fingerprint density at radius 2 is 1.97 bits per heavy atom. The van der Waals surface area contributed by atoms with Crippen LogP contribution < -0.4 is 10.2 Å². The molecule has 0 unspecified atom stereocenters. The Labute approximate surface area is 181 Å². The van der Waals surface area contributed by atoms with Crippen molar-refractivity contribution >= 4 is 35.2 Å². The van der Waals surface area contributed by atoms with Crippen LogP contribution in [-0.4, -0.2) is 35.3 Å². The summed E-state index contributed by atoms with van der Waals surface area (Å²) < 4.78 is 39.6. The van der Waals surface area contributed by atoms with E-state index in [2.05, 4.69) is 10.3 Å². The molecule has 3 aromatic rings. The maximum absolute atomic E-state index is 12.7. The minimum Gasteiger partial charge on any atom is -0.373 e. The molecule has 2 heterocycles. The molecule has 162 valence electrons. The number of carbonyl (C=O) groups is 2. The first-order valence-corrected chi connectivity index (χ1v) is 9.52. The molecule has 1 aromatic carbocycles. The normalized spacial score (nSPS) is 11.3. The van der Waals surface area contributed by atoms with Crippen LogP contribution in [0.15, 0.2) is 54.9 Å². The largest absolute Gasteiger partial charge is 0.416 e. The van der Waals surface area contributed by atoms with Gasteiger partial charge in [0.05, 0.1) is 28.7 Å². The lowest BCUT2D eigenvalue weighted by Gasteiger charge is -2.21. The second-order valence-corrected chi connectivity index (χ2v) is 7.08. The smallest absolute Gasteiger partial charge is 0.373 e. The third-order valence-electron chi connectivity index (χ3n) is 4.66. The molecule has 6 nitrogen and oxygen atoms in total. The Morgan fingerprint density at radius 1 is 1.26 bits per heavy atom. The molecule has 0 fully saturated rings. The SMILES string of the molecule is CN(CCn1c(Cl)cc(C(=O)Nc2cccnc2)c1C=O)c1ccc(C(F)(F)F)cc1. The van der Waals surface area contributed by atoms with Crippen molar-refractivity contribution in [1.29, 1.82) is 0 Å². The van der Waals surface area contributed by atoms with Crippen LogP contribution in [0.25, 0.3) is 0 Å². The standard InChI is InChI=1S/C21H18ClF3N4O2/c1-28(16-6-4-14(5-7-16)21(23,24)25)9-10-29-18(13-30)17(11-19(29)22)20(31)27-15-3-2-8-26-12-15/h2-8,11-13H,9-10H2,1H3,(H,27,31). The summed E-state index contributed by atoms with van der Waals surface area (Å²) in [4.78, 5) is 29.9. The lowest BCUT2D eigenvalue weighted by atomic mass is 10.2. The van der Waals surface area contributed by atoms with E-state index in [-0.39, 0.29) is 23.0 Å². The number of amides is 1. The van der Waals surface area contributed by atoms with Gasteiger partial charge in [-0.3, -0.25) is 14.6 Å². The molecule has 0 bridgehead atoms. The highest BCUT2D eigenvalue weighted by Crippen LogP contribution is 2.30. The monoisotopic (exact) mass is 450 g/mol. The number of alkyl halides is 3. The van der Waals surface area contributed by atoms with Crippen LogP contribution in [-0.2, 0) is 12.7 Å². The van der Waals surface area contributed by atoms with Crippen molar-refractivity contribution in [3.63, 3.8) is 0 Å². The molecule has 0 spiro atoms. The highest BCUT2D eigenvalue weighted by molar-refractivity contribution is 6.30. The summed E-state index contributed by atoms with van der Waals surface area (Å²) >= 11 is 6.24. The molecule has 10 heteroatoms. The van der Waals surface area contributed by atoms with Crippen molar-refractivity contribution in [2.24, 2.45) is 0 Å². The van der Waals surface area contributed by atoms with Gasteiger partial charge < -0.3 is 14.8 Å². The first-order valence-electron chi connectivity index (χ1n) is 9.14. The van der Waals surface area contributed by atoms with Gasteiger partial charge >= 0.3 is 6.18 Å². The van der Waals surface area contributed by atoms with Crippen LogP contribution in [0.3, 0.4) is 0 Å². The fourth-order valence-corrected chi connectivity index (χ4v) is 3.27. The maximum atomic E-state index is 12.7. The summed E-state index contributed by atoms with van der Waals surface area (Å²) in [6.07, 6.45) is -0.827. The van der Waals surface area contributed by atoms with E-state index in [1.807, 2.05) is 0 Å². The molecular weight excluding hydrogens is 433 g/mol. The average molecular weight is 451 g/mol. The Balaban J connectivity index is 1.73. The van der Waals surface area contributed by atoms with Gasteiger partial charge in [-0.15, -0.1) is 0 Å². The highest BCUT2D eigenvalue weighted by Gasteiger charge is 2.30.